The van der Waals surface area contributed by atoms with Crippen LogP contribution in [0.25, 0.3) is 6.08 Å². The van der Waals surface area contributed by atoms with Crippen molar-refractivity contribution in [3.63, 3.8) is 0 Å². The van der Waals surface area contributed by atoms with Crippen LogP contribution in [-0.2, 0) is 9.53 Å². The van der Waals surface area contributed by atoms with Gasteiger partial charge in [0.25, 0.3) is 5.91 Å². The Kier molecular flexibility index (Phi) is 8.30. The van der Waals surface area contributed by atoms with Crippen molar-refractivity contribution in [1.82, 2.24) is 10.2 Å². The van der Waals surface area contributed by atoms with E-state index in [9.17, 15) is 4.79 Å². The van der Waals surface area contributed by atoms with Crippen LogP contribution in [0.2, 0.25) is 0 Å². The van der Waals surface area contributed by atoms with E-state index in [0.717, 1.165) is 44.0 Å². The van der Waals surface area contributed by atoms with Gasteiger partial charge in [-0.3, -0.25) is 9.69 Å². The number of benzene rings is 2. The number of nitrogens with one attached hydrogen (secondary N) is 1. The number of rotatable bonds is 9. The van der Waals surface area contributed by atoms with Crippen molar-refractivity contribution < 1.29 is 19.0 Å². The van der Waals surface area contributed by atoms with Crippen molar-refractivity contribution in [1.29, 1.82) is 0 Å². The van der Waals surface area contributed by atoms with Gasteiger partial charge in [0, 0.05) is 19.6 Å². The molecule has 1 amide bonds. The van der Waals surface area contributed by atoms with Gasteiger partial charge in [-0.05, 0) is 30.2 Å². The molecule has 0 spiro atoms. The monoisotopic (exact) mass is 410 g/mol. The molecule has 0 unspecified atom stereocenters. The standard InChI is InChI=1S/C24H30N2O4/c1-3-7-19-10-11-22(23(16-19)28-2)30-18-24(27)25-21(20-8-5-4-6-9-20)17-26-12-14-29-15-13-26/h3-11,16,21H,12-15,17-18H2,1-2H3,(H,25,27)/b7-3+/t21-/m0/s1. The summed E-state index contributed by atoms with van der Waals surface area (Å²) in [5.74, 6) is 0.980. The number of nitrogens with zero attached hydrogens (tertiary/aromatic N) is 1. The number of hydrogen-bond acceptors (Lipinski definition) is 5. The fourth-order valence-electron chi connectivity index (χ4n) is 3.44. The zero-order chi connectivity index (χ0) is 21.2. The van der Waals surface area contributed by atoms with Crippen LogP contribution in [0.5, 0.6) is 11.5 Å². The predicted octanol–water partition coefficient (Wildman–Crippen LogP) is 3.30. The topological polar surface area (TPSA) is 60.0 Å². The first-order chi connectivity index (χ1) is 14.7. The van der Waals surface area contributed by atoms with Gasteiger partial charge >= 0.3 is 0 Å². The molecule has 1 heterocycles. The molecule has 1 N–H and O–H groups in total. The molecule has 6 heteroatoms. The first-order valence-electron chi connectivity index (χ1n) is 10.3. The lowest BCUT2D eigenvalue weighted by atomic mass is 10.1. The van der Waals surface area contributed by atoms with Crippen molar-refractivity contribution in [2.75, 3.05) is 46.6 Å². The molecule has 2 aromatic rings. The SMILES string of the molecule is C/C=C/c1ccc(OCC(=O)N[C@@H](CN2CCOCC2)c2ccccc2)c(OC)c1. The molecule has 6 nitrogen and oxygen atoms in total. The highest BCUT2D eigenvalue weighted by molar-refractivity contribution is 5.78. The van der Waals surface area contributed by atoms with Crippen LogP contribution in [-0.4, -0.2) is 57.4 Å². The minimum atomic E-state index is -0.170. The quantitative estimate of drug-likeness (QED) is 0.687. The Balaban J connectivity index is 1.62. The maximum absolute atomic E-state index is 12.7. The second-order valence-corrected chi connectivity index (χ2v) is 7.14. The summed E-state index contributed by atoms with van der Waals surface area (Å²) in [4.78, 5) is 15.0. The zero-order valence-electron chi connectivity index (χ0n) is 17.7. The lowest BCUT2D eigenvalue weighted by Gasteiger charge is -2.31. The van der Waals surface area contributed by atoms with Gasteiger partial charge in [0.15, 0.2) is 18.1 Å². The molecule has 1 aliphatic heterocycles. The van der Waals surface area contributed by atoms with Gasteiger partial charge in [-0.25, -0.2) is 0 Å². The maximum atomic E-state index is 12.7. The summed E-state index contributed by atoms with van der Waals surface area (Å²) in [5, 5.41) is 3.12. The molecule has 30 heavy (non-hydrogen) atoms. The molecule has 1 saturated heterocycles. The first-order valence-corrected chi connectivity index (χ1v) is 10.3. The third-order valence-electron chi connectivity index (χ3n) is 4.99. The lowest BCUT2D eigenvalue weighted by Crippen LogP contribution is -2.44. The van der Waals surface area contributed by atoms with Crippen molar-refractivity contribution >= 4 is 12.0 Å². The Labute approximate surface area is 178 Å². The molecule has 0 saturated carbocycles. The van der Waals surface area contributed by atoms with Gasteiger partial charge < -0.3 is 19.5 Å². The van der Waals surface area contributed by atoms with Crippen LogP contribution >= 0.6 is 0 Å². The molecule has 0 aromatic heterocycles. The van der Waals surface area contributed by atoms with Crippen LogP contribution < -0.4 is 14.8 Å². The Morgan fingerprint density at radius 1 is 1.17 bits per heavy atom. The van der Waals surface area contributed by atoms with Gasteiger partial charge in [-0.1, -0.05) is 48.6 Å². The predicted molar refractivity (Wildman–Crippen MR) is 118 cm³/mol. The lowest BCUT2D eigenvalue weighted by molar-refractivity contribution is -0.124. The highest BCUT2D eigenvalue weighted by atomic mass is 16.5. The molecular formula is C24H30N2O4. The highest BCUT2D eigenvalue weighted by Crippen LogP contribution is 2.28. The zero-order valence-corrected chi connectivity index (χ0v) is 17.7. The summed E-state index contributed by atoms with van der Waals surface area (Å²) in [7, 11) is 1.59. The fourth-order valence-corrected chi connectivity index (χ4v) is 3.44. The third-order valence-corrected chi connectivity index (χ3v) is 4.99. The maximum Gasteiger partial charge on any atom is 0.258 e. The van der Waals surface area contributed by atoms with E-state index >= 15 is 0 Å². The molecular weight excluding hydrogens is 380 g/mol. The van der Waals surface area contributed by atoms with Crippen molar-refractivity contribution in [2.24, 2.45) is 0 Å². The van der Waals surface area contributed by atoms with E-state index in [1.807, 2.05) is 67.6 Å². The summed E-state index contributed by atoms with van der Waals surface area (Å²) in [5.41, 5.74) is 2.09. The van der Waals surface area contributed by atoms with E-state index in [4.69, 9.17) is 14.2 Å². The number of hydrogen-bond donors (Lipinski definition) is 1. The Morgan fingerprint density at radius 3 is 2.63 bits per heavy atom. The number of amides is 1. The van der Waals surface area contributed by atoms with E-state index in [1.165, 1.54) is 0 Å². The Hall–Kier alpha value is -2.83. The van der Waals surface area contributed by atoms with Crippen molar-refractivity contribution in [3.8, 4) is 11.5 Å². The molecule has 1 aliphatic rings. The van der Waals surface area contributed by atoms with Gasteiger partial charge in [0.2, 0.25) is 0 Å². The number of allylic oxidation sites excluding steroid dienone is 1. The van der Waals surface area contributed by atoms with Crippen LogP contribution in [0.3, 0.4) is 0 Å². The van der Waals surface area contributed by atoms with Crippen molar-refractivity contribution in [3.05, 3.63) is 65.7 Å². The molecule has 2 aromatic carbocycles. The summed E-state index contributed by atoms with van der Waals surface area (Å²) in [6.07, 6.45) is 3.94. The van der Waals surface area contributed by atoms with Crippen molar-refractivity contribution in [2.45, 2.75) is 13.0 Å². The first kappa shape index (κ1) is 21.9. The number of methoxy groups -OCH3 is 1. The van der Waals surface area contributed by atoms with Gasteiger partial charge in [-0.15, -0.1) is 0 Å². The fraction of sp³-hybridized carbons (Fsp3) is 0.375. The third kappa shape index (κ3) is 6.34. The van der Waals surface area contributed by atoms with Gasteiger partial charge in [0.05, 0.1) is 26.4 Å². The summed E-state index contributed by atoms with van der Waals surface area (Å²) in [6, 6.07) is 15.6. The van der Waals surface area contributed by atoms with Crippen LogP contribution in [0.15, 0.2) is 54.6 Å². The smallest absolute Gasteiger partial charge is 0.258 e. The summed E-state index contributed by atoms with van der Waals surface area (Å²) >= 11 is 0. The molecule has 0 aliphatic carbocycles. The molecule has 1 fully saturated rings. The Bertz CT molecular complexity index is 832. The van der Waals surface area contributed by atoms with E-state index in [0.29, 0.717) is 11.5 Å². The van der Waals surface area contributed by atoms with E-state index in [1.54, 1.807) is 7.11 Å². The number of ether oxygens (including phenoxy) is 3. The molecule has 0 bridgehead atoms. The van der Waals surface area contributed by atoms with Crippen LogP contribution in [0.1, 0.15) is 24.1 Å². The Morgan fingerprint density at radius 2 is 1.93 bits per heavy atom. The minimum Gasteiger partial charge on any atom is -0.493 e. The molecule has 160 valence electrons. The largest absolute Gasteiger partial charge is 0.493 e. The molecule has 0 radical (unpaired) electrons. The minimum absolute atomic E-state index is 0.0776. The van der Waals surface area contributed by atoms with E-state index < -0.39 is 0 Å². The normalized spacial score (nSPS) is 15.7. The number of carbonyl (C=O) groups excluding carboxylic acids is 1. The van der Waals surface area contributed by atoms with Crippen LogP contribution in [0, 0.1) is 0 Å². The second-order valence-electron chi connectivity index (χ2n) is 7.14. The molecule has 3 rings (SSSR count). The van der Waals surface area contributed by atoms with Crippen LogP contribution in [0.4, 0.5) is 0 Å². The molecule has 1 atom stereocenters. The average Bonchev–Trinajstić information content (AvgIpc) is 2.79. The summed E-state index contributed by atoms with van der Waals surface area (Å²) < 4.78 is 16.6. The van der Waals surface area contributed by atoms with Gasteiger partial charge in [-0.2, -0.15) is 0 Å². The van der Waals surface area contributed by atoms with E-state index in [2.05, 4.69) is 10.2 Å². The average molecular weight is 411 g/mol. The second kappa shape index (κ2) is 11.4. The summed E-state index contributed by atoms with van der Waals surface area (Å²) in [6.45, 7) is 5.80. The van der Waals surface area contributed by atoms with E-state index in [-0.39, 0.29) is 18.6 Å². The van der Waals surface area contributed by atoms with Gasteiger partial charge in [0.1, 0.15) is 0 Å². The number of carbonyl (C=O) groups is 1. The number of morpholine rings is 1. The highest BCUT2D eigenvalue weighted by Gasteiger charge is 2.20.